The van der Waals surface area contributed by atoms with E-state index in [-0.39, 0.29) is 23.6 Å². The number of aliphatic hydroxyl groups is 2. The maximum atomic E-state index is 12.5. The van der Waals surface area contributed by atoms with Crippen LogP contribution in [0.25, 0.3) is 0 Å². The molecule has 0 radical (unpaired) electrons. The van der Waals surface area contributed by atoms with Gasteiger partial charge in [0.25, 0.3) is 0 Å². The summed E-state index contributed by atoms with van der Waals surface area (Å²) in [6, 6.07) is 7.31. The van der Waals surface area contributed by atoms with Gasteiger partial charge in [-0.25, -0.2) is 0 Å². The van der Waals surface area contributed by atoms with Crippen molar-refractivity contribution in [1.82, 2.24) is 9.80 Å². The average molecular weight is 599 g/mol. The highest BCUT2D eigenvalue weighted by atomic mass is 16.5. The maximum Gasteiger partial charge on any atom is 0.166 e. The summed E-state index contributed by atoms with van der Waals surface area (Å²) in [7, 11) is 4.18. The third-order valence-electron chi connectivity index (χ3n) is 13.4. The molecule has 4 bridgehead atoms. The number of benzene rings is 2. The monoisotopic (exact) mass is 598 g/mol. The Morgan fingerprint density at radius 2 is 1.11 bits per heavy atom. The second-order valence-corrected chi connectivity index (χ2v) is 14.8. The number of rotatable bonds is 1. The molecule has 10 heteroatoms. The van der Waals surface area contributed by atoms with Crippen LogP contribution in [0.15, 0.2) is 34.5 Å². The fourth-order valence-corrected chi connectivity index (χ4v) is 11.4. The van der Waals surface area contributed by atoms with Gasteiger partial charge in [0.05, 0.1) is 33.5 Å². The molecule has 0 aromatic heterocycles. The number of aromatic hydroxyl groups is 2. The zero-order valence-electron chi connectivity index (χ0n) is 25.1. The average Bonchev–Trinajstić information content (AvgIpc) is 3.54. The second kappa shape index (κ2) is 7.96. The SMILES string of the molecule is CN1CCC23c4c5ccc(O)c4OC2/C(=N\N=C2/CCC4(O)C6Cc7ccc(O)c8c7C4(CCN6C)C2O8)CCC3(O)C1C5. The first kappa shape index (κ1) is 26.1. The van der Waals surface area contributed by atoms with Crippen LogP contribution < -0.4 is 9.47 Å². The van der Waals surface area contributed by atoms with Crippen LogP contribution in [0.5, 0.6) is 23.0 Å². The molecule has 4 aliphatic heterocycles. The van der Waals surface area contributed by atoms with Crippen LogP contribution in [0, 0.1) is 0 Å². The van der Waals surface area contributed by atoms with Gasteiger partial charge in [-0.2, -0.15) is 10.2 Å². The van der Waals surface area contributed by atoms with Crippen molar-refractivity contribution < 1.29 is 29.9 Å². The smallest absolute Gasteiger partial charge is 0.166 e. The minimum atomic E-state index is -1.00. The number of phenolic OH excluding ortho intramolecular Hbond substituents is 2. The lowest BCUT2D eigenvalue weighted by Crippen LogP contribution is -2.76. The summed E-state index contributed by atoms with van der Waals surface area (Å²) in [6.07, 6.45) is 3.95. The van der Waals surface area contributed by atoms with Crippen molar-refractivity contribution in [2.24, 2.45) is 10.2 Å². The third-order valence-corrected chi connectivity index (χ3v) is 13.4. The zero-order valence-corrected chi connectivity index (χ0v) is 25.1. The van der Waals surface area contributed by atoms with E-state index in [2.05, 4.69) is 23.9 Å². The van der Waals surface area contributed by atoms with Crippen LogP contribution in [0.4, 0.5) is 0 Å². The highest BCUT2D eigenvalue weighted by molar-refractivity contribution is 5.97. The molecule has 10 nitrogen and oxygen atoms in total. The van der Waals surface area contributed by atoms with E-state index in [0.29, 0.717) is 50.0 Å². The summed E-state index contributed by atoms with van der Waals surface area (Å²) in [5.74, 6) is 1.17. The Morgan fingerprint density at radius 1 is 0.682 bits per heavy atom. The molecule has 44 heavy (non-hydrogen) atoms. The van der Waals surface area contributed by atoms with Crippen molar-refractivity contribution >= 4 is 11.4 Å². The van der Waals surface area contributed by atoms with E-state index in [0.717, 1.165) is 59.6 Å². The lowest BCUT2D eigenvalue weighted by Gasteiger charge is -2.62. The van der Waals surface area contributed by atoms with Gasteiger partial charge in [0.1, 0.15) is 0 Å². The van der Waals surface area contributed by atoms with Crippen molar-refractivity contribution in [2.75, 3.05) is 27.2 Å². The minimum Gasteiger partial charge on any atom is -0.504 e. The Balaban J connectivity index is 1.10. The van der Waals surface area contributed by atoms with Crippen molar-refractivity contribution in [2.45, 2.75) is 97.7 Å². The molecule has 2 spiro atoms. The molecule has 10 rings (SSSR count). The van der Waals surface area contributed by atoms with Crippen LogP contribution in [0.1, 0.15) is 60.8 Å². The first-order chi connectivity index (χ1) is 21.1. The number of hydrogen-bond donors (Lipinski definition) is 4. The highest BCUT2D eigenvalue weighted by Gasteiger charge is 2.74. The van der Waals surface area contributed by atoms with Crippen molar-refractivity contribution in [3.8, 4) is 23.0 Å². The largest absolute Gasteiger partial charge is 0.504 e. The summed E-state index contributed by atoms with van der Waals surface area (Å²) >= 11 is 0. The molecule has 4 aliphatic carbocycles. The molecule has 8 unspecified atom stereocenters. The molecule has 8 aliphatic rings. The molecule has 2 aromatic rings. The summed E-state index contributed by atoms with van der Waals surface area (Å²) in [6.45, 7) is 1.64. The molecular weight excluding hydrogens is 560 g/mol. The predicted molar refractivity (Wildman–Crippen MR) is 161 cm³/mol. The van der Waals surface area contributed by atoms with E-state index in [1.165, 1.54) is 0 Å². The fourth-order valence-electron chi connectivity index (χ4n) is 11.4. The molecule has 230 valence electrons. The summed E-state index contributed by atoms with van der Waals surface area (Å²) < 4.78 is 13.2. The molecule has 4 heterocycles. The van der Waals surface area contributed by atoms with Gasteiger partial charge in [-0.05, 0) is 102 Å². The van der Waals surface area contributed by atoms with Crippen LogP contribution in [-0.4, -0.2) is 104 Å². The Kier molecular flexibility index (Phi) is 4.72. The number of nitrogens with zero attached hydrogens (tertiary/aromatic N) is 4. The van der Waals surface area contributed by atoms with E-state index in [1.807, 2.05) is 12.1 Å². The third kappa shape index (κ3) is 2.61. The first-order valence-corrected chi connectivity index (χ1v) is 16.2. The van der Waals surface area contributed by atoms with Crippen molar-refractivity contribution in [3.63, 3.8) is 0 Å². The Labute approximate surface area is 255 Å². The number of phenols is 2. The van der Waals surface area contributed by atoms with Crippen LogP contribution >= 0.6 is 0 Å². The van der Waals surface area contributed by atoms with Gasteiger partial charge in [0.2, 0.25) is 0 Å². The van der Waals surface area contributed by atoms with E-state index in [1.54, 1.807) is 12.1 Å². The van der Waals surface area contributed by atoms with Gasteiger partial charge in [-0.15, -0.1) is 0 Å². The van der Waals surface area contributed by atoms with Gasteiger partial charge in [0.15, 0.2) is 35.2 Å². The van der Waals surface area contributed by atoms with Crippen LogP contribution in [0.2, 0.25) is 0 Å². The van der Waals surface area contributed by atoms with Crippen molar-refractivity contribution in [1.29, 1.82) is 0 Å². The molecule has 8 atom stereocenters. The van der Waals surface area contributed by atoms with Gasteiger partial charge in [0, 0.05) is 23.2 Å². The molecule has 2 aromatic carbocycles. The zero-order chi connectivity index (χ0) is 30.0. The van der Waals surface area contributed by atoms with Gasteiger partial charge in [-0.1, -0.05) is 12.1 Å². The Bertz CT molecular complexity index is 1620. The lowest BCUT2D eigenvalue weighted by molar-refractivity contribution is -0.161. The fraction of sp³-hybridized carbons (Fsp3) is 0.588. The van der Waals surface area contributed by atoms with Crippen molar-refractivity contribution in [3.05, 3.63) is 46.5 Å². The van der Waals surface area contributed by atoms with Crippen LogP contribution in [-0.2, 0) is 23.7 Å². The molecule has 4 N–H and O–H groups in total. The van der Waals surface area contributed by atoms with Gasteiger partial charge < -0.3 is 39.7 Å². The second-order valence-electron chi connectivity index (χ2n) is 14.8. The minimum absolute atomic E-state index is 0.0377. The molecular formula is C34H38N4O6. The lowest BCUT2D eigenvalue weighted by atomic mass is 9.49. The molecule has 4 fully saturated rings. The predicted octanol–water partition coefficient (Wildman–Crippen LogP) is 2.16. The van der Waals surface area contributed by atoms with E-state index < -0.39 is 34.2 Å². The number of piperidine rings is 2. The van der Waals surface area contributed by atoms with E-state index in [9.17, 15) is 20.4 Å². The van der Waals surface area contributed by atoms with E-state index in [4.69, 9.17) is 19.7 Å². The summed E-state index contributed by atoms with van der Waals surface area (Å²) in [5.41, 5.74) is 2.31. The number of hydrogen-bond acceptors (Lipinski definition) is 10. The number of likely N-dealkylation sites (tertiary alicyclic amines) is 2. The Morgan fingerprint density at radius 3 is 1.55 bits per heavy atom. The standard InChI is InChI=1S/C34H38N4O6/c1-37-13-11-31-25-17-3-5-21(39)27(25)43-29(31)19(7-9-33(31,41)23(37)15-17)35-36-20-8-10-34(42)24-16-18-4-6-22(40)28-26(18)32(34,30(20)44-28)12-14-38(24)2/h3-6,23-24,29-30,39-42H,7-16H2,1-2H3/b35-19-,36-20+. The molecule has 2 saturated heterocycles. The van der Waals surface area contributed by atoms with E-state index >= 15 is 0 Å². The number of likely N-dealkylation sites (N-methyl/N-ethyl adjacent to an activating group) is 2. The first-order valence-electron chi connectivity index (χ1n) is 16.2. The normalized spacial score (nSPS) is 44.3. The maximum absolute atomic E-state index is 12.5. The quantitative estimate of drug-likeness (QED) is 0.368. The Hall–Kier alpha value is -3.18. The summed E-state index contributed by atoms with van der Waals surface area (Å²) in [5, 5.41) is 56.7. The molecule has 2 saturated carbocycles. The summed E-state index contributed by atoms with van der Waals surface area (Å²) in [4.78, 5) is 4.55. The van der Waals surface area contributed by atoms with Crippen LogP contribution in [0.3, 0.4) is 0 Å². The van der Waals surface area contributed by atoms with Gasteiger partial charge in [-0.3, -0.25) is 0 Å². The van der Waals surface area contributed by atoms with Gasteiger partial charge >= 0.3 is 0 Å². The topological polar surface area (TPSA) is 131 Å². The number of ether oxygens (including phenoxy) is 2. The highest BCUT2D eigenvalue weighted by Crippen LogP contribution is 2.66. The molecule has 0 amide bonds.